The molecule has 446 valence electrons. The van der Waals surface area contributed by atoms with Gasteiger partial charge in [0.05, 0.1) is 59.8 Å². The molecular formula is C59H69F12N3O7. The van der Waals surface area contributed by atoms with Crippen LogP contribution in [-0.2, 0) is 54.5 Å². The molecule has 2 aliphatic rings. The number of ether oxygens (including phenoxy) is 4. The Kier molecular flexibility index (Phi) is 20.5. The van der Waals surface area contributed by atoms with E-state index in [4.69, 9.17) is 25.5 Å². The van der Waals surface area contributed by atoms with Crippen molar-refractivity contribution in [2.45, 2.75) is 177 Å². The van der Waals surface area contributed by atoms with Crippen molar-refractivity contribution in [2.75, 3.05) is 26.4 Å². The van der Waals surface area contributed by atoms with E-state index in [1.165, 1.54) is 13.8 Å². The first-order valence-electron chi connectivity index (χ1n) is 26.2. The first-order valence-corrected chi connectivity index (χ1v) is 26.2. The van der Waals surface area contributed by atoms with Gasteiger partial charge in [0.1, 0.15) is 16.7 Å². The molecule has 2 aliphatic carbocycles. The highest BCUT2D eigenvalue weighted by Gasteiger charge is 2.49. The summed E-state index contributed by atoms with van der Waals surface area (Å²) in [7, 11) is 0. The third-order valence-corrected chi connectivity index (χ3v) is 14.7. The van der Waals surface area contributed by atoms with E-state index in [1.54, 1.807) is 41.5 Å². The number of aliphatic hydroxyl groups excluding tert-OH is 1. The molecule has 10 nitrogen and oxygen atoms in total. The van der Waals surface area contributed by atoms with Gasteiger partial charge in [-0.15, -0.1) is 0 Å². The Hall–Kier alpha value is -6.05. The van der Waals surface area contributed by atoms with Gasteiger partial charge in [-0.25, -0.2) is 16.2 Å². The number of alkyl carbamates (subject to hydrolysis) is 2. The zero-order valence-corrected chi connectivity index (χ0v) is 46.3. The fourth-order valence-electron chi connectivity index (χ4n) is 10.1. The van der Waals surface area contributed by atoms with Crippen LogP contribution in [0.4, 0.5) is 62.3 Å². The van der Waals surface area contributed by atoms with Gasteiger partial charge >= 0.3 is 36.9 Å². The Balaban J connectivity index is 0.000000297. The number of carbonyl (C=O) groups excluding carboxylic acids is 2. The van der Waals surface area contributed by atoms with Gasteiger partial charge in [0.25, 0.3) is 0 Å². The minimum atomic E-state index is -4.96. The average Bonchev–Trinajstić information content (AvgIpc) is 3.37. The smallest absolute Gasteiger partial charge is 0.416 e. The number of benzene rings is 4. The fraction of sp³-hybridized carbons (Fsp3) is 0.542. The van der Waals surface area contributed by atoms with Crippen LogP contribution in [0.2, 0.25) is 0 Å². The maximum absolute atomic E-state index is 13.4. The largest absolute Gasteiger partial charge is 0.444 e. The molecule has 0 unspecified atom stereocenters. The molecule has 6 rings (SSSR count). The molecular weight excluding hydrogens is 1090 g/mol. The van der Waals surface area contributed by atoms with E-state index in [0.717, 1.165) is 11.1 Å². The lowest BCUT2D eigenvalue weighted by atomic mass is 9.64. The molecule has 0 aliphatic heterocycles. The van der Waals surface area contributed by atoms with E-state index in [1.807, 2.05) is 60.7 Å². The molecule has 0 heterocycles. The standard InChI is InChI=1S/C30H34F6N2O3.C29H35F6NO4/c1-20(21-15-23(29(31,32)33)17-24(16-21)30(34,35)36)40-19-27(22-9-7-6-8-10-22)11-13-28(14-12-27,18-37-5)38-25(39)41-26(2,3)4;1-19(20-14-22(28(30,31)32)16-23(15-20)29(33,34)35)39-18-26(21-8-6-5-7-9-21)10-12-27(17-37,13-11-26)36-24(38)40-25(2,3)4/h6-10,15-17,20H,11-14,18-19H2,1-4H3,(H,38,39);5-9,14-16,19,37H,10-13,17-18H2,1-4H3,(H,36,38)/t20-,27?,28?;19-,26?,27?/m11/s1. The molecule has 0 spiro atoms. The Bertz CT molecular complexity index is 2700. The van der Waals surface area contributed by atoms with Crippen LogP contribution in [0.5, 0.6) is 0 Å². The van der Waals surface area contributed by atoms with Crippen molar-refractivity contribution < 1.29 is 86.3 Å². The molecule has 2 amide bonds. The lowest BCUT2D eigenvalue weighted by Crippen LogP contribution is -2.57. The number of carbonyl (C=O) groups is 2. The van der Waals surface area contributed by atoms with Gasteiger partial charge in [0, 0.05) is 10.8 Å². The molecule has 2 fully saturated rings. The van der Waals surface area contributed by atoms with Crippen LogP contribution in [0.3, 0.4) is 0 Å². The molecule has 81 heavy (non-hydrogen) atoms. The summed E-state index contributed by atoms with van der Waals surface area (Å²) in [5, 5.41) is 15.9. The number of amides is 2. The molecule has 0 bridgehead atoms. The van der Waals surface area contributed by atoms with Crippen LogP contribution in [0.1, 0.15) is 163 Å². The molecule has 3 N–H and O–H groups in total. The first-order chi connectivity index (χ1) is 37.3. The number of hydrogen-bond donors (Lipinski definition) is 3. The van der Waals surface area contributed by atoms with Gasteiger partial charge in [-0.2, -0.15) is 52.7 Å². The highest BCUT2D eigenvalue weighted by atomic mass is 19.4. The first kappa shape index (κ1) is 65.8. The van der Waals surface area contributed by atoms with Crippen LogP contribution in [0.25, 0.3) is 4.85 Å². The summed E-state index contributed by atoms with van der Waals surface area (Å²) in [5.41, 5.74) is -8.86. The summed E-state index contributed by atoms with van der Waals surface area (Å²) in [4.78, 5) is 28.6. The minimum Gasteiger partial charge on any atom is -0.444 e. The molecule has 0 radical (unpaired) electrons. The Morgan fingerprint density at radius 1 is 0.519 bits per heavy atom. The summed E-state index contributed by atoms with van der Waals surface area (Å²) in [5.74, 6) is 0. The Morgan fingerprint density at radius 2 is 0.815 bits per heavy atom. The van der Waals surface area contributed by atoms with Crippen LogP contribution in [-0.4, -0.2) is 65.9 Å². The fourth-order valence-corrected chi connectivity index (χ4v) is 10.1. The summed E-state index contributed by atoms with van der Waals surface area (Å²) in [6, 6.07) is 21.4. The second-order valence-electron chi connectivity index (χ2n) is 23.2. The van der Waals surface area contributed by atoms with E-state index in [-0.39, 0.29) is 49.6 Å². The van der Waals surface area contributed by atoms with E-state index in [0.29, 0.717) is 75.6 Å². The van der Waals surface area contributed by atoms with Gasteiger partial charge in [0.15, 0.2) is 0 Å². The number of hydrogen-bond acceptors (Lipinski definition) is 7. The van der Waals surface area contributed by atoms with Crippen LogP contribution in [0.15, 0.2) is 97.1 Å². The second-order valence-corrected chi connectivity index (χ2v) is 23.2. The predicted octanol–water partition coefficient (Wildman–Crippen LogP) is 16.1. The highest BCUT2D eigenvalue weighted by Crippen LogP contribution is 2.48. The van der Waals surface area contributed by atoms with Crippen molar-refractivity contribution in [1.82, 2.24) is 10.6 Å². The third kappa shape index (κ3) is 18.2. The van der Waals surface area contributed by atoms with Crippen molar-refractivity contribution in [1.29, 1.82) is 0 Å². The molecule has 4 aromatic carbocycles. The lowest BCUT2D eigenvalue weighted by Gasteiger charge is -2.46. The average molecular weight is 1160 g/mol. The topological polar surface area (TPSA) is 120 Å². The highest BCUT2D eigenvalue weighted by molar-refractivity contribution is 5.69. The Morgan fingerprint density at radius 3 is 1.09 bits per heavy atom. The maximum Gasteiger partial charge on any atom is 0.416 e. The van der Waals surface area contributed by atoms with Gasteiger partial charge in [0.2, 0.25) is 6.54 Å². The van der Waals surface area contributed by atoms with Gasteiger partial charge in [-0.1, -0.05) is 60.7 Å². The van der Waals surface area contributed by atoms with Crippen LogP contribution in [0, 0.1) is 6.57 Å². The molecule has 0 aromatic heterocycles. The number of nitrogens with zero attached hydrogens (tertiary/aromatic N) is 1. The lowest BCUT2D eigenvalue weighted by molar-refractivity contribution is -0.145. The number of alkyl halides is 12. The Labute approximate surface area is 464 Å². The van der Waals surface area contributed by atoms with Crippen molar-refractivity contribution >= 4 is 12.2 Å². The van der Waals surface area contributed by atoms with E-state index >= 15 is 0 Å². The quantitative estimate of drug-likeness (QED) is 0.0850. The maximum atomic E-state index is 13.4. The monoisotopic (exact) mass is 1160 g/mol. The number of halogens is 12. The van der Waals surface area contributed by atoms with E-state index in [2.05, 4.69) is 15.5 Å². The third-order valence-electron chi connectivity index (χ3n) is 14.7. The summed E-state index contributed by atoms with van der Waals surface area (Å²) >= 11 is 0. The van der Waals surface area contributed by atoms with Crippen molar-refractivity contribution in [3.05, 3.63) is 153 Å². The van der Waals surface area contributed by atoms with Crippen molar-refractivity contribution in [2.24, 2.45) is 0 Å². The second kappa shape index (κ2) is 25.2. The van der Waals surface area contributed by atoms with Gasteiger partial charge in [-0.05, 0) is 165 Å². The zero-order valence-electron chi connectivity index (χ0n) is 46.3. The van der Waals surface area contributed by atoms with Gasteiger partial charge in [-0.3, -0.25) is 0 Å². The van der Waals surface area contributed by atoms with E-state index in [9.17, 15) is 67.4 Å². The number of aliphatic hydroxyl groups is 1. The molecule has 2 atom stereocenters. The molecule has 0 saturated heterocycles. The van der Waals surface area contributed by atoms with Crippen molar-refractivity contribution in [3.63, 3.8) is 0 Å². The SMILES string of the molecule is C[C@@H](OCC1(c2ccccc2)CCC(CO)(NC(=O)OC(C)(C)C)CC1)c1cc(C(F)(F)F)cc(C(F)(F)F)c1.[C-]#[N+]CC1(NC(=O)OC(C)(C)C)CCC(CO[C@H](C)c2cc(C(F)(F)F)cc(C(F)(F)F)c2)(c2ccccc2)CC1. The number of rotatable bonds is 14. The van der Waals surface area contributed by atoms with E-state index < -0.39 is 104 Å². The van der Waals surface area contributed by atoms with Crippen LogP contribution < -0.4 is 10.6 Å². The molecule has 22 heteroatoms. The summed E-state index contributed by atoms with van der Waals surface area (Å²) in [6.07, 6.45) is -20.1. The van der Waals surface area contributed by atoms with Gasteiger partial charge < -0.3 is 39.5 Å². The normalized spacial score (nSPS) is 22.7. The zero-order chi connectivity index (χ0) is 60.7. The number of nitrogens with one attached hydrogen (secondary N) is 2. The molecule has 2 saturated carbocycles. The summed E-state index contributed by atoms with van der Waals surface area (Å²) in [6.45, 7) is 20.4. The molecule has 4 aromatic rings. The minimum absolute atomic E-state index is 0.00369. The summed E-state index contributed by atoms with van der Waals surface area (Å²) < 4.78 is 184. The predicted molar refractivity (Wildman–Crippen MR) is 278 cm³/mol. The van der Waals surface area contributed by atoms with Crippen LogP contribution >= 0.6 is 0 Å². The van der Waals surface area contributed by atoms with Crippen molar-refractivity contribution in [3.8, 4) is 0 Å².